The molecule has 0 unspecified atom stereocenters. The largest absolute Gasteiger partial charge is 0.494 e. The van der Waals surface area contributed by atoms with E-state index in [2.05, 4.69) is 10.2 Å². The number of benzene rings is 1. The Kier molecular flexibility index (Phi) is 4.18. The predicted molar refractivity (Wildman–Crippen MR) is 72.0 cm³/mol. The Hall–Kier alpha value is -2.30. The van der Waals surface area contributed by atoms with Gasteiger partial charge in [0.1, 0.15) is 5.75 Å². The standard InChI is InChI=1S/C14H17N3O2/c1-3-19-13-7-5-4-6-11(13)10-17(2)14(18)12-8-15-16-9-12/h4-9H,3,10H2,1-2H3,(H,15,16). The first-order valence-corrected chi connectivity index (χ1v) is 6.17. The first-order valence-electron chi connectivity index (χ1n) is 6.17. The Morgan fingerprint density at radius 3 is 2.89 bits per heavy atom. The molecule has 0 radical (unpaired) electrons. The highest BCUT2D eigenvalue weighted by atomic mass is 16.5. The molecule has 2 aromatic rings. The number of carbonyl (C=O) groups is 1. The number of nitrogens with zero attached hydrogens (tertiary/aromatic N) is 2. The molecule has 0 bridgehead atoms. The second kappa shape index (κ2) is 6.04. The van der Waals surface area contributed by atoms with E-state index in [1.165, 1.54) is 6.20 Å². The highest BCUT2D eigenvalue weighted by Crippen LogP contribution is 2.20. The van der Waals surface area contributed by atoms with E-state index < -0.39 is 0 Å². The van der Waals surface area contributed by atoms with Crippen molar-refractivity contribution in [3.63, 3.8) is 0 Å². The number of carbonyl (C=O) groups excluding carboxylic acids is 1. The molecular formula is C14H17N3O2. The van der Waals surface area contributed by atoms with Crippen LogP contribution in [-0.2, 0) is 6.54 Å². The maximum Gasteiger partial charge on any atom is 0.257 e. The van der Waals surface area contributed by atoms with E-state index in [0.717, 1.165) is 11.3 Å². The predicted octanol–water partition coefficient (Wildman–Crippen LogP) is 2.08. The summed E-state index contributed by atoms with van der Waals surface area (Å²) in [5.41, 5.74) is 1.54. The Balaban J connectivity index is 2.10. The second-order valence-corrected chi connectivity index (χ2v) is 4.19. The number of rotatable bonds is 5. The summed E-state index contributed by atoms with van der Waals surface area (Å²) in [6.07, 6.45) is 3.11. The number of aromatic nitrogens is 2. The molecule has 1 aromatic heterocycles. The van der Waals surface area contributed by atoms with Crippen LogP contribution in [0.5, 0.6) is 5.75 Å². The van der Waals surface area contributed by atoms with E-state index in [0.29, 0.717) is 18.7 Å². The van der Waals surface area contributed by atoms with Gasteiger partial charge in [0.05, 0.1) is 18.4 Å². The van der Waals surface area contributed by atoms with Gasteiger partial charge >= 0.3 is 0 Å². The minimum Gasteiger partial charge on any atom is -0.494 e. The van der Waals surface area contributed by atoms with Crippen molar-refractivity contribution in [3.05, 3.63) is 47.8 Å². The number of H-pyrrole nitrogens is 1. The van der Waals surface area contributed by atoms with Crippen molar-refractivity contribution in [2.24, 2.45) is 0 Å². The van der Waals surface area contributed by atoms with Crippen LogP contribution < -0.4 is 4.74 Å². The van der Waals surface area contributed by atoms with Crippen molar-refractivity contribution < 1.29 is 9.53 Å². The number of para-hydroxylation sites is 1. The Labute approximate surface area is 112 Å². The van der Waals surface area contributed by atoms with Crippen LogP contribution in [0, 0.1) is 0 Å². The molecule has 0 atom stereocenters. The maximum absolute atomic E-state index is 12.1. The molecule has 0 aliphatic carbocycles. The molecule has 5 heteroatoms. The number of nitrogens with one attached hydrogen (secondary N) is 1. The van der Waals surface area contributed by atoms with Crippen LogP contribution in [0.25, 0.3) is 0 Å². The fourth-order valence-corrected chi connectivity index (χ4v) is 1.85. The zero-order valence-corrected chi connectivity index (χ0v) is 11.1. The zero-order chi connectivity index (χ0) is 13.7. The third kappa shape index (κ3) is 3.13. The maximum atomic E-state index is 12.1. The van der Waals surface area contributed by atoms with Crippen molar-refractivity contribution in [3.8, 4) is 5.75 Å². The van der Waals surface area contributed by atoms with Crippen LogP contribution in [0.2, 0.25) is 0 Å². The van der Waals surface area contributed by atoms with Crippen LogP contribution in [0.15, 0.2) is 36.7 Å². The van der Waals surface area contributed by atoms with Crippen molar-refractivity contribution in [1.29, 1.82) is 0 Å². The number of aromatic amines is 1. The van der Waals surface area contributed by atoms with Gasteiger partial charge in [-0.2, -0.15) is 5.10 Å². The molecule has 0 fully saturated rings. The van der Waals surface area contributed by atoms with Crippen LogP contribution in [-0.4, -0.2) is 34.7 Å². The summed E-state index contributed by atoms with van der Waals surface area (Å²) in [6, 6.07) is 7.74. The van der Waals surface area contributed by atoms with Gasteiger partial charge < -0.3 is 9.64 Å². The van der Waals surface area contributed by atoms with Crippen molar-refractivity contribution in [2.45, 2.75) is 13.5 Å². The van der Waals surface area contributed by atoms with E-state index in [1.54, 1.807) is 18.1 Å². The van der Waals surface area contributed by atoms with E-state index in [1.807, 2.05) is 31.2 Å². The molecule has 19 heavy (non-hydrogen) atoms. The quantitative estimate of drug-likeness (QED) is 0.894. The third-order valence-electron chi connectivity index (χ3n) is 2.77. The van der Waals surface area contributed by atoms with E-state index in [-0.39, 0.29) is 5.91 Å². The minimum absolute atomic E-state index is 0.0694. The average Bonchev–Trinajstić information content (AvgIpc) is 2.94. The van der Waals surface area contributed by atoms with Gasteiger partial charge in [-0.3, -0.25) is 9.89 Å². The first kappa shape index (κ1) is 13.1. The molecule has 0 saturated heterocycles. The van der Waals surface area contributed by atoms with Crippen molar-refractivity contribution in [1.82, 2.24) is 15.1 Å². The molecule has 1 amide bonds. The van der Waals surface area contributed by atoms with Gasteiger partial charge in [-0.25, -0.2) is 0 Å². The lowest BCUT2D eigenvalue weighted by Gasteiger charge is -2.18. The summed E-state index contributed by atoms with van der Waals surface area (Å²) >= 11 is 0. The Morgan fingerprint density at radius 2 is 2.21 bits per heavy atom. The molecule has 0 aliphatic heterocycles. The van der Waals surface area contributed by atoms with Gasteiger partial charge in [-0.15, -0.1) is 0 Å². The molecule has 1 N–H and O–H groups in total. The van der Waals surface area contributed by atoms with Crippen LogP contribution in [0.1, 0.15) is 22.8 Å². The molecule has 1 aromatic carbocycles. The summed E-state index contributed by atoms with van der Waals surface area (Å²) in [5.74, 6) is 0.747. The molecule has 0 spiro atoms. The lowest BCUT2D eigenvalue weighted by atomic mass is 10.2. The fourth-order valence-electron chi connectivity index (χ4n) is 1.85. The number of hydrogen-bond acceptors (Lipinski definition) is 3. The highest BCUT2D eigenvalue weighted by molar-refractivity contribution is 5.93. The van der Waals surface area contributed by atoms with Gasteiger partial charge in [-0.05, 0) is 13.0 Å². The Bertz CT molecular complexity index is 537. The number of amides is 1. The summed E-state index contributed by atoms with van der Waals surface area (Å²) in [7, 11) is 1.76. The number of ether oxygens (including phenoxy) is 1. The molecule has 0 aliphatic rings. The monoisotopic (exact) mass is 259 g/mol. The Morgan fingerprint density at radius 1 is 1.42 bits per heavy atom. The van der Waals surface area contributed by atoms with Crippen LogP contribution >= 0.6 is 0 Å². The van der Waals surface area contributed by atoms with Crippen LogP contribution in [0.3, 0.4) is 0 Å². The van der Waals surface area contributed by atoms with Gasteiger partial charge in [0, 0.05) is 25.4 Å². The van der Waals surface area contributed by atoms with Gasteiger partial charge in [0.2, 0.25) is 0 Å². The third-order valence-corrected chi connectivity index (χ3v) is 2.77. The molecule has 2 rings (SSSR count). The van der Waals surface area contributed by atoms with E-state index in [9.17, 15) is 4.79 Å². The highest BCUT2D eigenvalue weighted by Gasteiger charge is 2.14. The summed E-state index contributed by atoms with van der Waals surface area (Å²) in [6.45, 7) is 3.05. The molecule has 100 valence electrons. The minimum atomic E-state index is -0.0694. The topological polar surface area (TPSA) is 58.2 Å². The SMILES string of the molecule is CCOc1ccccc1CN(C)C(=O)c1cn[nH]c1. The van der Waals surface area contributed by atoms with Crippen molar-refractivity contribution in [2.75, 3.05) is 13.7 Å². The van der Waals surface area contributed by atoms with E-state index >= 15 is 0 Å². The van der Waals surface area contributed by atoms with Crippen molar-refractivity contribution >= 4 is 5.91 Å². The lowest BCUT2D eigenvalue weighted by Crippen LogP contribution is -2.26. The summed E-state index contributed by atoms with van der Waals surface area (Å²) in [5, 5.41) is 6.42. The normalized spacial score (nSPS) is 10.2. The van der Waals surface area contributed by atoms with Gasteiger partial charge in [0.15, 0.2) is 0 Å². The lowest BCUT2D eigenvalue weighted by molar-refractivity contribution is 0.0784. The van der Waals surface area contributed by atoms with Crippen LogP contribution in [0.4, 0.5) is 0 Å². The molecule has 0 saturated carbocycles. The summed E-state index contributed by atoms with van der Waals surface area (Å²) < 4.78 is 5.55. The molecular weight excluding hydrogens is 242 g/mol. The van der Waals surface area contributed by atoms with Gasteiger partial charge in [-0.1, -0.05) is 18.2 Å². The second-order valence-electron chi connectivity index (χ2n) is 4.19. The first-order chi connectivity index (χ1) is 9.22. The summed E-state index contributed by atoms with van der Waals surface area (Å²) in [4.78, 5) is 13.7. The average molecular weight is 259 g/mol. The number of hydrogen-bond donors (Lipinski definition) is 1. The smallest absolute Gasteiger partial charge is 0.257 e. The molecule has 1 heterocycles. The fraction of sp³-hybridized carbons (Fsp3) is 0.286. The zero-order valence-electron chi connectivity index (χ0n) is 11.1. The molecule has 5 nitrogen and oxygen atoms in total. The van der Waals surface area contributed by atoms with Gasteiger partial charge in [0.25, 0.3) is 5.91 Å². The van der Waals surface area contributed by atoms with E-state index in [4.69, 9.17) is 4.74 Å².